The summed E-state index contributed by atoms with van der Waals surface area (Å²) in [5.74, 6) is 0.618. The maximum absolute atomic E-state index is 4.38. The van der Waals surface area contributed by atoms with Crippen LogP contribution in [0.3, 0.4) is 0 Å². The van der Waals surface area contributed by atoms with Gasteiger partial charge in [-0.2, -0.15) is 5.10 Å². The highest BCUT2D eigenvalue weighted by atomic mass is 79.9. The Morgan fingerprint density at radius 2 is 1.86 bits per heavy atom. The summed E-state index contributed by atoms with van der Waals surface area (Å²) in [6.45, 7) is 0. The van der Waals surface area contributed by atoms with Crippen LogP contribution in [0.1, 0.15) is 5.56 Å². The highest BCUT2D eigenvalue weighted by Crippen LogP contribution is 2.13. The van der Waals surface area contributed by atoms with E-state index in [-0.39, 0.29) is 0 Å². The largest absolute Gasteiger partial charge is 0.323 e. The second kappa shape index (κ2) is 6.37. The maximum atomic E-state index is 4.38. The monoisotopic (exact) mass is 340 g/mol. The molecule has 2 aromatic carbocycles. The van der Waals surface area contributed by atoms with Crippen LogP contribution in [0.15, 0.2) is 64.2 Å². The zero-order chi connectivity index (χ0) is 14.5. The summed E-state index contributed by atoms with van der Waals surface area (Å²) >= 11 is 3.46. The lowest BCUT2D eigenvalue weighted by Crippen LogP contribution is -1.91. The summed E-state index contributed by atoms with van der Waals surface area (Å²) in [6, 6.07) is 17.9. The second-order valence-corrected chi connectivity index (χ2v) is 5.33. The summed E-state index contributed by atoms with van der Waals surface area (Å²) in [5.41, 5.74) is 5.89. The third-order valence-electron chi connectivity index (χ3n) is 2.85. The van der Waals surface area contributed by atoms with Gasteiger partial charge in [0.05, 0.1) is 17.2 Å². The van der Waals surface area contributed by atoms with Crippen molar-refractivity contribution in [2.45, 2.75) is 0 Å². The highest BCUT2D eigenvalue weighted by Gasteiger charge is 1.99. The van der Waals surface area contributed by atoms with Crippen molar-refractivity contribution in [2.24, 2.45) is 5.10 Å². The van der Waals surface area contributed by atoms with Crippen LogP contribution in [0.2, 0.25) is 0 Å². The Labute approximate surface area is 130 Å². The van der Waals surface area contributed by atoms with E-state index in [1.165, 1.54) is 0 Å². The van der Waals surface area contributed by atoms with Crippen LogP contribution < -0.4 is 5.43 Å². The van der Waals surface area contributed by atoms with E-state index in [2.05, 4.69) is 36.4 Å². The molecule has 5 heteroatoms. The Kier molecular flexibility index (Phi) is 4.12. The molecule has 0 aliphatic heterocycles. The van der Waals surface area contributed by atoms with E-state index in [0.29, 0.717) is 5.95 Å². The van der Waals surface area contributed by atoms with Crippen molar-refractivity contribution in [1.82, 2.24) is 9.97 Å². The summed E-state index contributed by atoms with van der Waals surface area (Å²) in [7, 11) is 0. The standard InChI is InChI=1S/C16H13BrN4/c17-13(10-12-6-2-1-3-7-12)11-18-21-16-19-14-8-4-5-9-15(14)20-16/h1-11H,(H2,19,20,21)/b13-10+,18-11-. The molecule has 0 saturated carbocycles. The van der Waals surface area contributed by atoms with Gasteiger partial charge in [0.2, 0.25) is 5.95 Å². The molecular weight excluding hydrogens is 328 g/mol. The van der Waals surface area contributed by atoms with Crippen molar-refractivity contribution in [2.75, 3.05) is 5.43 Å². The van der Waals surface area contributed by atoms with Gasteiger partial charge in [-0.05, 0) is 39.7 Å². The molecule has 104 valence electrons. The van der Waals surface area contributed by atoms with Gasteiger partial charge in [0.25, 0.3) is 0 Å². The molecule has 3 aromatic rings. The third-order valence-corrected chi connectivity index (χ3v) is 3.29. The minimum atomic E-state index is 0.618. The van der Waals surface area contributed by atoms with Crippen LogP contribution in [-0.2, 0) is 0 Å². The number of halogens is 1. The lowest BCUT2D eigenvalue weighted by molar-refractivity contribution is 1.22. The predicted molar refractivity (Wildman–Crippen MR) is 91.6 cm³/mol. The van der Waals surface area contributed by atoms with Gasteiger partial charge >= 0.3 is 0 Å². The molecule has 0 aliphatic carbocycles. The van der Waals surface area contributed by atoms with E-state index in [1.807, 2.05) is 60.7 Å². The van der Waals surface area contributed by atoms with Crippen LogP contribution in [0.4, 0.5) is 5.95 Å². The Morgan fingerprint density at radius 1 is 1.10 bits per heavy atom. The number of nitrogens with one attached hydrogen (secondary N) is 2. The first-order valence-electron chi connectivity index (χ1n) is 6.47. The Bertz CT molecular complexity index is 757. The van der Waals surface area contributed by atoms with Gasteiger partial charge in [0.1, 0.15) is 0 Å². The van der Waals surface area contributed by atoms with Crippen molar-refractivity contribution in [1.29, 1.82) is 0 Å². The van der Waals surface area contributed by atoms with E-state index >= 15 is 0 Å². The number of anilines is 1. The van der Waals surface area contributed by atoms with Gasteiger partial charge in [0.15, 0.2) is 0 Å². The minimum Gasteiger partial charge on any atom is -0.323 e. The molecule has 1 aromatic heterocycles. The SMILES string of the molecule is BrC(/C=N\Nc1nc2ccccc2[nH]1)=C/c1ccccc1. The number of H-pyrrole nitrogens is 1. The molecule has 21 heavy (non-hydrogen) atoms. The number of nitrogens with zero attached hydrogens (tertiary/aromatic N) is 2. The van der Waals surface area contributed by atoms with Gasteiger partial charge in [-0.25, -0.2) is 10.4 Å². The number of aromatic amines is 1. The van der Waals surface area contributed by atoms with E-state index in [4.69, 9.17) is 0 Å². The molecule has 0 unspecified atom stereocenters. The van der Waals surface area contributed by atoms with Gasteiger partial charge in [-0.3, -0.25) is 0 Å². The molecule has 0 aliphatic rings. The molecule has 0 atom stereocenters. The second-order valence-electron chi connectivity index (χ2n) is 4.41. The molecule has 0 bridgehead atoms. The number of hydrogen-bond acceptors (Lipinski definition) is 3. The molecule has 1 heterocycles. The molecule has 4 nitrogen and oxygen atoms in total. The van der Waals surface area contributed by atoms with Crippen LogP contribution in [0.25, 0.3) is 17.1 Å². The smallest absolute Gasteiger partial charge is 0.222 e. The lowest BCUT2D eigenvalue weighted by Gasteiger charge is -1.94. The molecule has 0 radical (unpaired) electrons. The number of fused-ring (bicyclic) bond motifs is 1. The van der Waals surface area contributed by atoms with Gasteiger partial charge < -0.3 is 4.98 Å². The van der Waals surface area contributed by atoms with E-state index < -0.39 is 0 Å². The van der Waals surface area contributed by atoms with Gasteiger partial charge in [-0.15, -0.1) is 0 Å². The number of aromatic nitrogens is 2. The van der Waals surface area contributed by atoms with E-state index in [9.17, 15) is 0 Å². The first-order valence-corrected chi connectivity index (χ1v) is 7.27. The number of imidazole rings is 1. The fourth-order valence-electron chi connectivity index (χ4n) is 1.91. The minimum absolute atomic E-state index is 0.618. The van der Waals surface area contributed by atoms with Crippen LogP contribution in [0, 0.1) is 0 Å². The van der Waals surface area contributed by atoms with Crippen molar-refractivity contribution < 1.29 is 0 Å². The van der Waals surface area contributed by atoms with Crippen LogP contribution in [0.5, 0.6) is 0 Å². The van der Waals surface area contributed by atoms with Crippen molar-refractivity contribution >= 4 is 45.2 Å². The number of hydrazone groups is 1. The fourth-order valence-corrected chi connectivity index (χ4v) is 2.27. The molecule has 2 N–H and O–H groups in total. The van der Waals surface area contributed by atoms with Crippen LogP contribution in [-0.4, -0.2) is 16.2 Å². The number of allylic oxidation sites excluding steroid dienone is 1. The van der Waals surface area contributed by atoms with E-state index in [0.717, 1.165) is 21.1 Å². The first-order chi connectivity index (χ1) is 10.3. The average Bonchev–Trinajstić information content (AvgIpc) is 2.91. The molecule has 3 rings (SSSR count). The van der Waals surface area contributed by atoms with Crippen molar-refractivity contribution in [3.63, 3.8) is 0 Å². The quantitative estimate of drug-likeness (QED) is 0.546. The van der Waals surface area contributed by atoms with Gasteiger partial charge in [0, 0.05) is 4.48 Å². The fraction of sp³-hybridized carbons (Fsp3) is 0. The Hall–Kier alpha value is -2.40. The summed E-state index contributed by atoms with van der Waals surface area (Å²) < 4.78 is 0.873. The summed E-state index contributed by atoms with van der Waals surface area (Å²) in [4.78, 5) is 7.53. The third kappa shape index (κ3) is 3.58. The predicted octanol–water partition coefficient (Wildman–Crippen LogP) is 4.40. The number of hydrogen-bond donors (Lipinski definition) is 2. The van der Waals surface area contributed by atoms with E-state index in [1.54, 1.807) is 6.21 Å². The first kappa shape index (κ1) is 13.6. The average molecular weight is 341 g/mol. The molecule has 0 amide bonds. The zero-order valence-corrected chi connectivity index (χ0v) is 12.7. The Morgan fingerprint density at radius 3 is 2.67 bits per heavy atom. The van der Waals surface area contributed by atoms with Crippen molar-refractivity contribution in [3.8, 4) is 0 Å². The molecule has 0 spiro atoms. The Balaban J connectivity index is 1.67. The maximum Gasteiger partial charge on any atom is 0.222 e. The molecular formula is C16H13BrN4. The summed E-state index contributed by atoms with van der Waals surface area (Å²) in [6.07, 6.45) is 3.68. The number of rotatable bonds is 4. The lowest BCUT2D eigenvalue weighted by atomic mass is 10.2. The number of benzene rings is 2. The van der Waals surface area contributed by atoms with Gasteiger partial charge in [-0.1, -0.05) is 42.5 Å². The molecule has 0 saturated heterocycles. The number of para-hydroxylation sites is 2. The molecule has 0 fully saturated rings. The normalized spacial score (nSPS) is 12.1. The topological polar surface area (TPSA) is 53.1 Å². The summed E-state index contributed by atoms with van der Waals surface area (Å²) in [5, 5.41) is 4.15. The van der Waals surface area contributed by atoms with Crippen molar-refractivity contribution in [3.05, 3.63) is 64.6 Å². The zero-order valence-electron chi connectivity index (χ0n) is 11.1. The van der Waals surface area contributed by atoms with Crippen LogP contribution >= 0.6 is 15.9 Å². The highest BCUT2D eigenvalue weighted by molar-refractivity contribution is 9.12.